The van der Waals surface area contributed by atoms with Crippen LogP contribution < -0.4 is 0 Å². The standard InChI is InChI=1S/C18H21N3O3/c1-2-20-14-7-4-3-6-13(14)19-17(20)15-8-5-9-21(15)18(22)16-12-23-10-11-24-16/h3-4,6-7,12,15H,2,5,8-11H2,1H3/t15-/m0/s1. The summed E-state index contributed by atoms with van der Waals surface area (Å²) in [4.78, 5) is 19.5. The molecular weight excluding hydrogens is 306 g/mol. The second-order valence-corrected chi connectivity index (χ2v) is 6.06. The van der Waals surface area contributed by atoms with Crippen LogP contribution in [0.5, 0.6) is 0 Å². The van der Waals surface area contributed by atoms with Gasteiger partial charge in [-0.3, -0.25) is 4.79 Å². The van der Waals surface area contributed by atoms with Gasteiger partial charge in [-0.05, 0) is 31.9 Å². The molecule has 2 aliphatic heterocycles. The summed E-state index contributed by atoms with van der Waals surface area (Å²) in [5.74, 6) is 1.15. The minimum Gasteiger partial charge on any atom is -0.494 e. The summed E-state index contributed by atoms with van der Waals surface area (Å²) in [6.07, 6.45) is 3.32. The van der Waals surface area contributed by atoms with Gasteiger partial charge in [0, 0.05) is 13.1 Å². The van der Waals surface area contributed by atoms with Crippen molar-refractivity contribution in [3.63, 3.8) is 0 Å². The maximum Gasteiger partial charge on any atom is 0.292 e. The van der Waals surface area contributed by atoms with E-state index in [1.54, 1.807) is 0 Å². The first-order valence-corrected chi connectivity index (χ1v) is 8.50. The van der Waals surface area contributed by atoms with E-state index in [1.165, 1.54) is 6.26 Å². The zero-order valence-electron chi connectivity index (χ0n) is 13.8. The Morgan fingerprint density at radius 3 is 3.00 bits per heavy atom. The van der Waals surface area contributed by atoms with E-state index < -0.39 is 0 Å². The van der Waals surface area contributed by atoms with Gasteiger partial charge in [-0.15, -0.1) is 0 Å². The Morgan fingerprint density at radius 2 is 2.21 bits per heavy atom. The number of aromatic nitrogens is 2. The number of rotatable bonds is 3. The quantitative estimate of drug-likeness (QED) is 0.869. The number of hydrogen-bond acceptors (Lipinski definition) is 4. The van der Waals surface area contributed by atoms with Crippen molar-refractivity contribution < 1.29 is 14.3 Å². The number of para-hydroxylation sites is 2. The molecule has 6 heteroatoms. The summed E-state index contributed by atoms with van der Waals surface area (Å²) in [7, 11) is 0. The normalized spacial score (nSPS) is 20.6. The molecule has 3 heterocycles. The van der Waals surface area contributed by atoms with Crippen LogP contribution in [0.3, 0.4) is 0 Å². The van der Waals surface area contributed by atoms with Crippen molar-refractivity contribution in [2.45, 2.75) is 32.4 Å². The molecule has 6 nitrogen and oxygen atoms in total. The maximum absolute atomic E-state index is 12.8. The average molecular weight is 327 g/mol. The Balaban J connectivity index is 1.70. The second kappa shape index (κ2) is 6.19. The summed E-state index contributed by atoms with van der Waals surface area (Å²) in [6.45, 7) is 4.57. The van der Waals surface area contributed by atoms with Crippen LogP contribution in [0, 0.1) is 0 Å². The van der Waals surface area contributed by atoms with Crippen molar-refractivity contribution >= 4 is 16.9 Å². The number of amides is 1. The first-order valence-electron chi connectivity index (χ1n) is 8.50. The molecule has 2 aromatic rings. The number of carbonyl (C=O) groups excluding carboxylic acids is 1. The van der Waals surface area contributed by atoms with E-state index in [0.29, 0.717) is 19.0 Å². The lowest BCUT2D eigenvalue weighted by Gasteiger charge is -2.26. The van der Waals surface area contributed by atoms with Crippen LogP contribution in [0.1, 0.15) is 31.6 Å². The van der Waals surface area contributed by atoms with E-state index in [0.717, 1.165) is 42.8 Å². The third-order valence-electron chi connectivity index (χ3n) is 4.67. The summed E-state index contributed by atoms with van der Waals surface area (Å²) in [6, 6.07) is 8.10. The van der Waals surface area contributed by atoms with E-state index >= 15 is 0 Å². The number of carbonyl (C=O) groups is 1. The van der Waals surface area contributed by atoms with Crippen LogP contribution in [0.25, 0.3) is 11.0 Å². The van der Waals surface area contributed by atoms with Gasteiger partial charge in [-0.25, -0.2) is 4.98 Å². The Labute approximate surface area is 140 Å². The van der Waals surface area contributed by atoms with Crippen molar-refractivity contribution in [2.24, 2.45) is 0 Å². The van der Waals surface area contributed by atoms with Gasteiger partial charge in [0.25, 0.3) is 5.91 Å². The number of hydrogen-bond donors (Lipinski definition) is 0. The zero-order valence-corrected chi connectivity index (χ0v) is 13.8. The molecule has 1 aromatic heterocycles. The van der Waals surface area contributed by atoms with Gasteiger partial charge in [0.2, 0.25) is 5.76 Å². The number of likely N-dealkylation sites (tertiary alicyclic amines) is 1. The van der Waals surface area contributed by atoms with Crippen molar-refractivity contribution in [1.29, 1.82) is 0 Å². The van der Waals surface area contributed by atoms with E-state index in [2.05, 4.69) is 17.6 Å². The van der Waals surface area contributed by atoms with Gasteiger partial charge in [-0.2, -0.15) is 0 Å². The highest BCUT2D eigenvalue weighted by molar-refractivity contribution is 5.92. The molecular formula is C18H21N3O3. The minimum absolute atomic E-state index is 0.0173. The summed E-state index contributed by atoms with van der Waals surface area (Å²) in [5.41, 5.74) is 2.09. The van der Waals surface area contributed by atoms with E-state index in [9.17, 15) is 4.79 Å². The molecule has 0 unspecified atom stereocenters. The third-order valence-corrected chi connectivity index (χ3v) is 4.67. The van der Waals surface area contributed by atoms with Gasteiger partial charge in [-0.1, -0.05) is 12.1 Å². The van der Waals surface area contributed by atoms with Crippen molar-refractivity contribution in [3.05, 3.63) is 42.1 Å². The fraction of sp³-hybridized carbons (Fsp3) is 0.444. The van der Waals surface area contributed by atoms with Crippen molar-refractivity contribution in [3.8, 4) is 0 Å². The topological polar surface area (TPSA) is 56.6 Å². The largest absolute Gasteiger partial charge is 0.494 e. The average Bonchev–Trinajstić information content (AvgIpc) is 3.25. The van der Waals surface area contributed by atoms with Crippen LogP contribution in [0.2, 0.25) is 0 Å². The number of aryl methyl sites for hydroxylation is 1. The molecule has 2 aliphatic rings. The summed E-state index contributed by atoms with van der Waals surface area (Å²) < 4.78 is 12.9. The monoisotopic (exact) mass is 327 g/mol. The molecule has 24 heavy (non-hydrogen) atoms. The lowest BCUT2D eigenvalue weighted by atomic mass is 10.2. The third kappa shape index (κ3) is 2.42. The SMILES string of the molecule is CCn1c([C@@H]2CCCN2C(=O)C2=COCCO2)nc2ccccc21. The molecule has 0 aliphatic carbocycles. The Kier molecular flexibility index (Phi) is 3.88. The highest BCUT2D eigenvalue weighted by Crippen LogP contribution is 2.34. The molecule has 1 amide bonds. The Morgan fingerprint density at radius 1 is 1.33 bits per heavy atom. The number of imidazole rings is 1. The summed E-state index contributed by atoms with van der Waals surface area (Å²) in [5, 5.41) is 0. The second-order valence-electron chi connectivity index (χ2n) is 6.06. The molecule has 4 rings (SSSR count). The highest BCUT2D eigenvalue weighted by Gasteiger charge is 2.36. The minimum atomic E-state index is -0.105. The highest BCUT2D eigenvalue weighted by atomic mass is 16.6. The number of nitrogens with zero attached hydrogens (tertiary/aromatic N) is 3. The molecule has 1 fully saturated rings. The van der Waals surface area contributed by atoms with Crippen LogP contribution in [0.4, 0.5) is 0 Å². The van der Waals surface area contributed by atoms with Crippen LogP contribution in [-0.4, -0.2) is 40.1 Å². The van der Waals surface area contributed by atoms with E-state index in [-0.39, 0.29) is 11.9 Å². The molecule has 0 N–H and O–H groups in total. The first-order chi connectivity index (χ1) is 11.8. The van der Waals surface area contributed by atoms with E-state index in [1.807, 2.05) is 23.1 Å². The van der Waals surface area contributed by atoms with Gasteiger partial charge in [0.05, 0.1) is 17.1 Å². The van der Waals surface area contributed by atoms with Crippen molar-refractivity contribution in [1.82, 2.24) is 14.5 Å². The fourth-order valence-electron chi connectivity index (χ4n) is 3.58. The number of benzene rings is 1. The molecule has 126 valence electrons. The predicted octanol–water partition coefficient (Wildman–Crippen LogP) is 2.61. The molecule has 1 atom stereocenters. The fourth-order valence-corrected chi connectivity index (χ4v) is 3.58. The predicted molar refractivity (Wildman–Crippen MR) is 89.1 cm³/mol. The van der Waals surface area contributed by atoms with Crippen LogP contribution >= 0.6 is 0 Å². The van der Waals surface area contributed by atoms with Crippen LogP contribution in [0.15, 0.2) is 36.3 Å². The first kappa shape index (κ1) is 15.1. The van der Waals surface area contributed by atoms with E-state index in [4.69, 9.17) is 14.5 Å². The van der Waals surface area contributed by atoms with Gasteiger partial charge in [0.1, 0.15) is 25.3 Å². The lowest BCUT2D eigenvalue weighted by molar-refractivity contribution is -0.133. The molecule has 0 bridgehead atoms. The molecule has 1 saturated heterocycles. The molecule has 0 radical (unpaired) electrons. The Hall–Kier alpha value is -2.50. The zero-order chi connectivity index (χ0) is 16.5. The number of ether oxygens (including phenoxy) is 2. The van der Waals surface area contributed by atoms with Gasteiger partial charge in [0.15, 0.2) is 0 Å². The lowest BCUT2D eigenvalue weighted by Crippen LogP contribution is -2.34. The summed E-state index contributed by atoms with van der Waals surface area (Å²) >= 11 is 0. The maximum atomic E-state index is 12.8. The Bertz CT molecular complexity index is 796. The van der Waals surface area contributed by atoms with Gasteiger partial charge >= 0.3 is 0 Å². The molecule has 1 aromatic carbocycles. The van der Waals surface area contributed by atoms with Gasteiger partial charge < -0.3 is 18.9 Å². The molecule has 0 saturated carbocycles. The van der Waals surface area contributed by atoms with Crippen molar-refractivity contribution in [2.75, 3.05) is 19.8 Å². The van der Waals surface area contributed by atoms with Crippen LogP contribution in [-0.2, 0) is 20.8 Å². The smallest absolute Gasteiger partial charge is 0.292 e. The molecule has 0 spiro atoms. The number of fused-ring (bicyclic) bond motifs is 1.